The number of carbonyl (C=O) groups excluding carboxylic acids is 2. The van der Waals surface area contributed by atoms with Crippen LogP contribution in [0.15, 0.2) is 0 Å². The van der Waals surface area contributed by atoms with E-state index in [-0.39, 0.29) is 31.7 Å². The van der Waals surface area contributed by atoms with E-state index in [1.807, 2.05) is 0 Å². The number of aliphatic carboxylic acids is 2. The summed E-state index contributed by atoms with van der Waals surface area (Å²) in [4.78, 5) is 22.0. The zero-order valence-electron chi connectivity index (χ0n) is 11.6. The lowest BCUT2D eigenvalue weighted by Gasteiger charge is -2.47. The van der Waals surface area contributed by atoms with E-state index in [0.717, 1.165) is 0 Å². The maximum absolute atomic E-state index is 11.1. The van der Waals surface area contributed by atoms with Crippen molar-refractivity contribution in [2.24, 2.45) is 0 Å². The summed E-state index contributed by atoms with van der Waals surface area (Å²) in [5.41, 5.74) is -4.88. The van der Waals surface area contributed by atoms with Crippen LogP contribution in [-0.4, -0.2) is 34.9 Å². The van der Waals surface area contributed by atoms with Gasteiger partial charge >= 0.3 is 0 Å². The molecule has 0 aliphatic carbocycles. The van der Waals surface area contributed by atoms with Crippen molar-refractivity contribution >= 4 is 11.9 Å². The van der Waals surface area contributed by atoms with Gasteiger partial charge in [0.2, 0.25) is 0 Å². The number of rotatable bonds is 7. The number of ether oxygens (including phenoxy) is 1. The van der Waals surface area contributed by atoms with Crippen LogP contribution in [0.5, 0.6) is 0 Å². The van der Waals surface area contributed by atoms with Crippen molar-refractivity contribution in [2.45, 2.75) is 44.8 Å². The van der Waals surface area contributed by atoms with Crippen molar-refractivity contribution in [3.63, 3.8) is 0 Å². The summed E-state index contributed by atoms with van der Waals surface area (Å²) in [6.07, 6.45) is -0.585. The summed E-state index contributed by atoms with van der Waals surface area (Å²) in [5.74, 6) is -3.64. The van der Waals surface area contributed by atoms with E-state index in [4.69, 9.17) is 4.74 Å². The predicted octanol–water partition coefficient (Wildman–Crippen LogP) is -1.43. The molecule has 8 heteroatoms. The van der Waals surface area contributed by atoms with Gasteiger partial charge in [-0.15, -0.1) is 0 Å². The predicted molar refractivity (Wildman–Crippen MR) is 61.9 cm³/mol. The van der Waals surface area contributed by atoms with Crippen LogP contribution in [0.1, 0.15) is 33.6 Å². The normalized spacial score (nSPS) is 16.4. The standard InChI is InChI=1S/C10H18O6.2H3N/c1-4-9(15,7(11)12)10(5-2,8(13)14)16-6-3;;/h15H,4-6H2,1-3H3,(H,11,12)(H,13,14);2*1H3. The summed E-state index contributed by atoms with van der Waals surface area (Å²) >= 11 is 0. The second-order valence-electron chi connectivity index (χ2n) is 3.40. The minimum absolute atomic E-state index is 0. The van der Waals surface area contributed by atoms with E-state index in [2.05, 4.69) is 0 Å². The van der Waals surface area contributed by atoms with Gasteiger partial charge in [-0.1, -0.05) is 13.8 Å². The minimum Gasteiger partial charge on any atom is -0.547 e. The average molecular weight is 268 g/mol. The lowest BCUT2D eigenvalue weighted by molar-refractivity contribution is -0.362. The average Bonchev–Trinajstić information content (AvgIpc) is 2.23. The highest BCUT2D eigenvalue weighted by atomic mass is 16.5. The summed E-state index contributed by atoms with van der Waals surface area (Å²) in [5, 5.41) is 31.9. The highest BCUT2D eigenvalue weighted by Crippen LogP contribution is 2.32. The molecule has 0 rings (SSSR count). The van der Waals surface area contributed by atoms with Gasteiger partial charge in [0.15, 0.2) is 0 Å². The van der Waals surface area contributed by atoms with Crippen molar-refractivity contribution in [1.82, 2.24) is 12.3 Å². The zero-order valence-corrected chi connectivity index (χ0v) is 11.6. The Bertz CT molecular complexity index is 286. The van der Waals surface area contributed by atoms with Crippen molar-refractivity contribution in [2.75, 3.05) is 6.61 Å². The summed E-state index contributed by atoms with van der Waals surface area (Å²) < 4.78 is 4.92. The minimum atomic E-state index is -2.60. The third-order valence-corrected chi connectivity index (χ3v) is 2.74. The SMILES string of the molecule is CCOC(CC)(C(=O)[O-])C(O)(CC)C(=O)[O-].[NH4+].[NH4+]. The fraction of sp³-hybridized carbons (Fsp3) is 0.800. The van der Waals surface area contributed by atoms with Crippen LogP contribution in [0.3, 0.4) is 0 Å². The van der Waals surface area contributed by atoms with E-state index >= 15 is 0 Å². The van der Waals surface area contributed by atoms with Crippen LogP contribution in [0.4, 0.5) is 0 Å². The molecule has 0 aliphatic rings. The number of carbonyl (C=O) groups is 2. The van der Waals surface area contributed by atoms with Gasteiger partial charge in [-0.2, -0.15) is 0 Å². The van der Waals surface area contributed by atoms with Gasteiger partial charge in [0.05, 0.1) is 11.9 Å². The highest BCUT2D eigenvalue weighted by molar-refractivity contribution is 5.89. The molecule has 0 heterocycles. The molecule has 8 nitrogen and oxygen atoms in total. The van der Waals surface area contributed by atoms with E-state index < -0.39 is 23.1 Å². The third-order valence-electron chi connectivity index (χ3n) is 2.74. The first kappa shape index (κ1) is 22.0. The van der Waals surface area contributed by atoms with Crippen molar-refractivity contribution < 1.29 is 29.6 Å². The molecule has 2 atom stereocenters. The van der Waals surface area contributed by atoms with Gasteiger partial charge in [-0.05, 0) is 19.8 Å². The Balaban J connectivity index is -0.00000112. The number of carboxylic acid groups (broad SMARTS) is 2. The van der Waals surface area contributed by atoms with Crippen LogP contribution in [-0.2, 0) is 14.3 Å². The Morgan fingerprint density at radius 3 is 1.67 bits per heavy atom. The van der Waals surface area contributed by atoms with Gasteiger partial charge in [0, 0.05) is 6.61 Å². The van der Waals surface area contributed by atoms with Crippen molar-refractivity contribution in [3.8, 4) is 0 Å². The van der Waals surface area contributed by atoms with Crippen molar-refractivity contribution in [1.29, 1.82) is 0 Å². The van der Waals surface area contributed by atoms with Crippen LogP contribution < -0.4 is 22.5 Å². The van der Waals surface area contributed by atoms with Gasteiger partial charge in [0.1, 0.15) is 11.2 Å². The first-order valence-electron chi connectivity index (χ1n) is 5.11. The van der Waals surface area contributed by atoms with Crippen LogP contribution >= 0.6 is 0 Å². The molecule has 0 aromatic heterocycles. The smallest absolute Gasteiger partial charge is 0.141 e. The molecular weight excluding hydrogens is 244 g/mol. The lowest BCUT2D eigenvalue weighted by atomic mass is 9.78. The first-order chi connectivity index (χ1) is 7.32. The number of quaternary nitrogens is 2. The molecule has 0 saturated heterocycles. The molecule has 0 aliphatic heterocycles. The number of hydrogen-bond acceptors (Lipinski definition) is 6. The Hall–Kier alpha value is -1.22. The first-order valence-corrected chi connectivity index (χ1v) is 5.11. The fourth-order valence-corrected chi connectivity index (χ4v) is 1.73. The Labute approximate surface area is 106 Å². The number of carboxylic acids is 2. The zero-order chi connectivity index (χ0) is 13.0. The molecule has 0 amide bonds. The van der Waals surface area contributed by atoms with Crippen LogP contribution in [0.25, 0.3) is 0 Å². The molecule has 0 fully saturated rings. The molecule has 18 heavy (non-hydrogen) atoms. The van der Waals surface area contributed by atoms with E-state index in [0.29, 0.717) is 0 Å². The maximum atomic E-state index is 11.1. The molecule has 0 bridgehead atoms. The van der Waals surface area contributed by atoms with Crippen LogP contribution in [0, 0.1) is 0 Å². The Morgan fingerprint density at radius 2 is 1.50 bits per heavy atom. The lowest BCUT2D eigenvalue weighted by Crippen LogP contribution is -2.70. The molecule has 9 N–H and O–H groups in total. The van der Waals surface area contributed by atoms with Crippen LogP contribution in [0.2, 0.25) is 0 Å². The molecular formula is C10H24N2O6. The van der Waals surface area contributed by atoms with Gasteiger partial charge in [-0.3, -0.25) is 0 Å². The van der Waals surface area contributed by atoms with Gasteiger partial charge < -0.3 is 41.9 Å². The van der Waals surface area contributed by atoms with Gasteiger partial charge in [0.25, 0.3) is 0 Å². The topological polar surface area (TPSA) is 183 Å². The maximum Gasteiger partial charge on any atom is 0.141 e. The molecule has 0 saturated carbocycles. The fourth-order valence-electron chi connectivity index (χ4n) is 1.73. The molecule has 0 aromatic rings. The molecule has 2 unspecified atom stereocenters. The summed E-state index contributed by atoms with van der Waals surface area (Å²) in [6, 6.07) is 0. The number of hydrogen-bond donors (Lipinski definition) is 3. The molecule has 0 aromatic carbocycles. The van der Waals surface area contributed by atoms with Gasteiger partial charge in [-0.25, -0.2) is 0 Å². The Kier molecular flexibility index (Phi) is 9.76. The van der Waals surface area contributed by atoms with E-state index in [9.17, 15) is 24.9 Å². The summed E-state index contributed by atoms with van der Waals surface area (Å²) in [6.45, 7) is 4.17. The second-order valence-corrected chi connectivity index (χ2v) is 3.40. The largest absolute Gasteiger partial charge is 0.547 e. The monoisotopic (exact) mass is 268 g/mol. The van der Waals surface area contributed by atoms with E-state index in [1.165, 1.54) is 20.8 Å². The van der Waals surface area contributed by atoms with Crippen molar-refractivity contribution in [3.05, 3.63) is 0 Å². The quantitative estimate of drug-likeness (QED) is 0.508. The molecule has 110 valence electrons. The molecule has 0 radical (unpaired) electrons. The molecule has 0 spiro atoms. The highest BCUT2D eigenvalue weighted by Gasteiger charge is 2.51. The number of aliphatic hydroxyl groups is 1. The Morgan fingerprint density at radius 1 is 1.06 bits per heavy atom. The summed E-state index contributed by atoms with van der Waals surface area (Å²) in [7, 11) is 0. The second kappa shape index (κ2) is 7.98. The third kappa shape index (κ3) is 3.16. The van der Waals surface area contributed by atoms with E-state index in [1.54, 1.807) is 0 Å².